The summed E-state index contributed by atoms with van der Waals surface area (Å²) in [6.45, 7) is -0.508. The predicted octanol–water partition coefficient (Wildman–Crippen LogP) is 7.18. The van der Waals surface area contributed by atoms with Crippen LogP contribution in [0.2, 0.25) is 0 Å². The number of rotatable bonds is 11. The quantitative estimate of drug-likeness (QED) is 0.0778. The molecule has 2 heterocycles. The Balaban J connectivity index is 1.14. The Labute approximate surface area is 319 Å². The maximum Gasteiger partial charge on any atom is 0.123 e. The van der Waals surface area contributed by atoms with Gasteiger partial charge in [-0.25, -0.2) is 4.39 Å². The average molecular weight is 750 g/mol. The molecule has 8 nitrogen and oxygen atoms in total. The van der Waals surface area contributed by atoms with Crippen LogP contribution < -0.4 is 4.90 Å². The molecule has 2 aliphatic heterocycles. The Morgan fingerprint density at radius 2 is 1.39 bits per heavy atom. The smallest absolute Gasteiger partial charge is 0.123 e. The molecule has 10 heteroatoms. The summed E-state index contributed by atoms with van der Waals surface area (Å²) in [5.74, 6) is -0.190. The van der Waals surface area contributed by atoms with Gasteiger partial charge in [-0.3, -0.25) is 0 Å². The zero-order valence-electron chi connectivity index (χ0n) is 29.5. The van der Waals surface area contributed by atoms with Gasteiger partial charge in [0.05, 0.1) is 23.7 Å². The summed E-state index contributed by atoms with van der Waals surface area (Å²) < 4.78 is 19.2. The normalized spacial score (nSPS) is 24.8. The van der Waals surface area contributed by atoms with E-state index in [1.54, 1.807) is 30.3 Å². The molecule has 0 bridgehead atoms. The van der Waals surface area contributed by atoms with E-state index >= 15 is 0 Å². The summed E-state index contributed by atoms with van der Waals surface area (Å²) >= 11 is 6.03. The second-order valence-electron chi connectivity index (χ2n) is 14.2. The third-order valence-corrected chi connectivity index (χ3v) is 11.2. The van der Waals surface area contributed by atoms with E-state index < -0.39 is 43.2 Å². The molecule has 0 aliphatic carbocycles. The number of nitrogens with zero attached hydrogens (tertiary/aromatic N) is 1. The molecule has 2 aliphatic rings. The molecule has 2 fully saturated rings. The Morgan fingerprint density at radius 1 is 0.759 bits per heavy atom. The first-order chi connectivity index (χ1) is 26.1. The van der Waals surface area contributed by atoms with Gasteiger partial charge in [0.25, 0.3) is 0 Å². The van der Waals surface area contributed by atoms with Gasteiger partial charge in [0, 0.05) is 17.7 Å². The van der Waals surface area contributed by atoms with E-state index in [0.29, 0.717) is 30.4 Å². The molecule has 1 unspecified atom stereocenters. The molecular weight excluding hydrogens is 706 g/mol. The predicted molar refractivity (Wildman–Crippen MR) is 209 cm³/mol. The van der Waals surface area contributed by atoms with Gasteiger partial charge in [-0.15, -0.1) is 0 Å². The zero-order valence-corrected chi connectivity index (χ0v) is 30.3. The standard InChI is InChI=1S/C44H44FNO7S/c45-33-18-13-29(14-19-33)36(48)8-4-7-32-24-39(54)46(34-20-15-27(16-21-34)26-5-2-1-3-6-26)40(32)35-22-17-31(23-37(35)49)28-9-11-30(12-10-28)44-43(52)42(51)41(50)38(25-47)53-44/h1-3,5-6,9-23,32,36,38,40-44,47-52H,4,7-8,24-25H2/t32-,36?,38+,40-,41+,42-,43+,44-/m0/s1. The molecule has 6 N–H and O–H groups in total. The molecule has 54 heavy (non-hydrogen) atoms. The minimum absolute atomic E-state index is 0.0429. The van der Waals surface area contributed by atoms with Gasteiger partial charge >= 0.3 is 0 Å². The fraction of sp³-hybridized carbons (Fsp3) is 0.295. The number of aliphatic hydroxyl groups excluding tert-OH is 5. The molecule has 0 amide bonds. The van der Waals surface area contributed by atoms with Crippen LogP contribution in [0, 0.1) is 11.7 Å². The molecule has 280 valence electrons. The molecule has 8 atom stereocenters. The Hall–Kier alpha value is -4.52. The van der Waals surface area contributed by atoms with Crippen LogP contribution >= 0.6 is 12.2 Å². The molecule has 7 rings (SSSR count). The molecule has 5 aromatic carbocycles. The number of phenols is 1. The first-order valence-corrected chi connectivity index (χ1v) is 18.7. The molecule has 2 saturated heterocycles. The number of hydrogen-bond donors (Lipinski definition) is 6. The lowest BCUT2D eigenvalue weighted by atomic mass is 9.87. The fourth-order valence-corrected chi connectivity index (χ4v) is 8.28. The number of aliphatic hydroxyl groups is 5. The van der Waals surface area contributed by atoms with E-state index in [-0.39, 0.29) is 23.5 Å². The largest absolute Gasteiger partial charge is 0.508 e. The Morgan fingerprint density at radius 3 is 2.06 bits per heavy atom. The van der Waals surface area contributed by atoms with Gasteiger partial charge in [-0.2, -0.15) is 0 Å². The number of halogens is 1. The number of phenolic OH excluding ortho intramolecular Hbond substituents is 1. The van der Waals surface area contributed by atoms with Gasteiger partial charge < -0.3 is 40.3 Å². The van der Waals surface area contributed by atoms with Crippen LogP contribution in [0.15, 0.2) is 121 Å². The third-order valence-electron chi connectivity index (χ3n) is 10.8. The van der Waals surface area contributed by atoms with Crippen LogP contribution in [0.3, 0.4) is 0 Å². The lowest BCUT2D eigenvalue weighted by Crippen LogP contribution is -2.55. The molecule has 0 radical (unpaired) electrons. The summed E-state index contributed by atoms with van der Waals surface area (Å²) in [4.78, 5) is 2.90. The van der Waals surface area contributed by atoms with E-state index in [9.17, 15) is 35.0 Å². The molecule has 0 aromatic heterocycles. The van der Waals surface area contributed by atoms with Crippen molar-refractivity contribution in [3.63, 3.8) is 0 Å². The monoisotopic (exact) mass is 749 g/mol. The van der Waals surface area contributed by atoms with E-state index in [4.69, 9.17) is 17.0 Å². The first-order valence-electron chi connectivity index (χ1n) is 18.3. The van der Waals surface area contributed by atoms with Crippen LogP contribution in [0.1, 0.15) is 60.6 Å². The van der Waals surface area contributed by atoms with E-state index in [0.717, 1.165) is 44.9 Å². The zero-order chi connectivity index (χ0) is 37.9. The summed E-state index contributed by atoms with van der Waals surface area (Å²) in [7, 11) is 0. The highest BCUT2D eigenvalue weighted by Crippen LogP contribution is 2.48. The minimum atomic E-state index is -1.47. The van der Waals surface area contributed by atoms with Crippen LogP contribution in [0.5, 0.6) is 5.75 Å². The Kier molecular flexibility index (Phi) is 11.5. The summed E-state index contributed by atoms with van der Waals surface area (Å²) in [6.07, 6.45) is -4.41. The van der Waals surface area contributed by atoms with Crippen LogP contribution in [-0.4, -0.2) is 66.7 Å². The van der Waals surface area contributed by atoms with Crippen molar-refractivity contribution in [3.8, 4) is 28.0 Å². The van der Waals surface area contributed by atoms with Crippen LogP contribution in [0.25, 0.3) is 22.3 Å². The number of benzene rings is 5. The second-order valence-corrected chi connectivity index (χ2v) is 14.7. The van der Waals surface area contributed by atoms with Gasteiger partial charge in [0.1, 0.15) is 42.1 Å². The second kappa shape index (κ2) is 16.5. The van der Waals surface area contributed by atoms with Crippen molar-refractivity contribution < 1.29 is 39.8 Å². The highest BCUT2D eigenvalue weighted by atomic mass is 32.1. The van der Waals surface area contributed by atoms with Crippen molar-refractivity contribution in [1.82, 2.24) is 0 Å². The summed E-state index contributed by atoms with van der Waals surface area (Å²) in [6, 6.07) is 36.8. The average Bonchev–Trinajstić information content (AvgIpc) is 3.52. The van der Waals surface area contributed by atoms with Crippen molar-refractivity contribution in [1.29, 1.82) is 0 Å². The van der Waals surface area contributed by atoms with Crippen molar-refractivity contribution in [2.75, 3.05) is 11.5 Å². The number of hydrogen-bond acceptors (Lipinski definition) is 8. The van der Waals surface area contributed by atoms with Crippen molar-refractivity contribution in [2.24, 2.45) is 5.92 Å². The fourth-order valence-electron chi connectivity index (χ4n) is 7.84. The third kappa shape index (κ3) is 7.83. The number of anilines is 1. The van der Waals surface area contributed by atoms with Gasteiger partial charge in [-0.1, -0.05) is 110 Å². The topological polar surface area (TPSA) is 134 Å². The summed E-state index contributed by atoms with van der Waals surface area (Å²) in [5.41, 5.74) is 6.63. The molecule has 5 aromatic rings. The number of ether oxygens (including phenoxy) is 1. The number of thiocarbonyl (C=S) groups is 1. The maximum absolute atomic E-state index is 13.5. The van der Waals surface area contributed by atoms with Gasteiger partial charge in [0.2, 0.25) is 0 Å². The maximum atomic E-state index is 13.5. The van der Waals surface area contributed by atoms with E-state index in [1.165, 1.54) is 12.1 Å². The minimum Gasteiger partial charge on any atom is -0.508 e. The molecule has 0 saturated carbocycles. The highest BCUT2D eigenvalue weighted by molar-refractivity contribution is 7.80. The van der Waals surface area contributed by atoms with Gasteiger partial charge in [0.15, 0.2) is 0 Å². The first kappa shape index (κ1) is 37.8. The van der Waals surface area contributed by atoms with Crippen molar-refractivity contribution >= 4 is 22.9 Å². The molecule has 0 spiro atoms. The van der Waals surface area contributed by atoms with Crippen LogP contribution in [-0.2, 0) is 4.74 Å². The summed E-state index contributed by atoms with van der Waals surface area (Å²) in [5, 5.41) is 63.2. The van der Waals surface area contributed by atoms with Crippen molar-refractivity contribution in [3.05, 3.63) is 144 Å². The SMILES string of the molecule is OC[C@H]1O[C@@H](c2ccc(-c3ccc([C@@H]4[C@@H](CCCC(O)c5ccc(F)cc5)CC(=S)N4c4ccc(-c5ccccc5)cc4)c(O)c3)cc2)[C@H](O)[C@@H](O)[C@@H]1O. The van der Waals surface area contributed by atoms with Gasteiger partial charge in [-0.05, 0) is 82.5 Å². The molecular formula is C44H44FNO7S. The lowest BCUT2D eigenvalue weighted by molar-refractivity contribution is -0.231. The lowest BCUT2D eigenvalue weighted by Gasteiger charge is -2.40. The number of aromatic hydroxyl groups is 1. The van der Waals surface area contributed by atoms with E-state index in [2.05, 4.69) is 41.3 Å². The Bertz CT molecular complexity index is 2030. The van der Waals surface area contributed by atoms with Crippen LogP contribution in [0.4, 0.5) is 10.1 Å². The van der Waals surface area contributed by atoms with Crippen molar-refractivity contribution in [2.45, 2.75) is 68.3 Å². The van der Waals surface area contributed by atoms with E-state index in [1.807, 2.05) is 42.5 Å². The highest BCUT2D eigenvalue weighted by Gasteiger charge is 2.44.